The minimum absolute atomic E-state index is 0.334. The maximum Gasteiger partial charge on any atom is 0.115 e. The molecule has 0 heterocycles. The van der Waals surface area contributed by atoms with Crippen LogP contribution in [0.3, 0.4) is 0 Å². The van der Waals surface area contributed by atoms with E-state index in [0.29, 0.717) is 11.7 Å². The maximum absolute atomic E-state index is 9.06. The summed E-state index contributed by atoms with van der Waals surface area (Å²) in [6.07, 6.45) is 2.06. The summed E-state index contributed by atoms with van der Waals surface area (Å²) < 4.78 is 0. The maximum atomic E-state index is 9.06. The average molecular weight is 163 g/mol. The van der Waals surface area contributed by atoms with Crippen LogP contribution in [0.2, 0.25) is 0 Å². The van der Waals surface area contributed by atoms with Crippen molar-refractivity contribution in [3.05, 3.63) is 36.8 Å². The van der Waals surface area contributed by atoms with Gasteiger partial charge in [0.25, 0.3) is 0 Å². The molecule has 1 radical (unpaired) electrons. The Hall–Kier alpha value is -0.980. The second-order valence-corrected chi connectivity index (χ2v) is 3.13. The SMILES string of the molecule is [CH2]CCC(C)c1ccc(O)cc1. The van der Waals surface area contributed by atoms with Crippen molar-refractivity contribution < 1.29 is 5.11 Å². The van der Waals surface area contributed by atoms with Crippen LogP contribution in [0.15, 0.2) is 24.3 Å². The minimum atomic E-state index is 0.334. The van der Waals surface area contributed by atoms with Crippen molar-refractivity contribution in [2.75, 3.05) is 0 Å². The zero-order valence-corrected chi connectivity index (χ0v) is 7.46. The third-order valence-electron chi connectivity index (χ3n) is 2.10. The minimum Gasteiger partial charge on any atom is -0.508 e. The van der Waals surface area contributed by atoms with Gasteiger partial charge in [-0.25, -0.2) is 0 Å². The van der Waals surface area contributed by atoms with Crippen molar-refractivity contribution in [1.82, 2.24) is 0 Å². The van der Waals surface area contributed by atoms with Crippen LogP contribution >= 0.6 is 0 Å². The number of hydrogen-bond acceptors (Lipinski definition) is 1. The first-order chi connectivity index (χ1) is 5.74. The summed E-state index contributed by atoms with van der Waals surface area (Å²) >= 11 is 0. The normalized spacial score (nSPS) is 12.8. The average Bonchev–Trinajstić information content (AvgIpc) is 2.06. The van der Waals surface area contributed by atoms with E-state index in [0.717, 1.165) is 12.8 Å². The Bertz CT molecular complexity index is 225. The van der Waals surface area contributed by atoms with Crippen molar-refractivity contribution >= 4 is 0 Å². The largest absolute Gasteiger partial charge is 0.508 e. The predicted molar refractivity (Wildman–Crippen MR) is 51.1 cm³/mol. The van der Waals surface area contributed by atoms with E-state index in [4.69, 9.17) is 5.11 Å². The molecule has 0 saturated heterocycles. The lowest BCUT2D eigenvalue weighted by Crippen LogP contribution is -1.91. The number of rotatable bonds is 3. The molecule has 1 N–H and O–H groups in total. The Kier molecular flexibility index (Phi) is 3.15. The monoisotopic (exact) mass is 163 g/mol. The molecule has 12 heavy (non-hydrogen) atoms. The summed E-state index contributed by atoms with van der Waals surface area (Å²) in [5, 5.41) is 9.06. The Morgan fingerprint density at radius 2 is 1.92 bits per heavy atom. The number of phenolic OH excluding ortho intramolecular Hbond substituents is 1. The Balaban J connectivity index is 2.68. The molecule has 0 bridgehead atoms. The molecule has 0 saturated carbocycles. The van der Waals surface area contributed by atoms with Crippen LogP contribution in [0.5, 0.6) is 5.75 Å². The fraction of sp³-hybridized carbons (Fsp3) is 0.364. The molecular weight excluding hydrogens is 148 g/mol. The standard InChI is InChI=1S/C11H15O/c1-3-4-9(2)10-5-7-11(12)8-6-10/h5-9,12H,1,3-4H2,2H3. The third kappa shape index (κ3) is 2.26. The lowest BCUT2D eigenvalue weighted by atomic mass is 9.97. The molecule has 0 aliphatic carbocycles. The second kappa shape index (κ2) is 4.15. The van der Waals surface area contributed by atoms with Gasteiger partial charge in [-0.3, -0.25) is 0 Å². The van der Waals surface area contributed by atoms with Gasteiger partial charge in [0.1, 0.15) is 5.75 Å². The molecule has 1 atom stereocenters. The fourth-order valence-corrected chi connectivity index (χ4v) is 1.28. The van der Waals surface area contributed by atoms with Crippen LogP contribution in [-0.4, -0.2) is 5.11 Å². The van der Waals surface area contributed by atoms with Crippen LogP contribution in [0.4, 0.5) is 0 Å². The molecule has 0 fully saturated rings. The number of benzene rings is 1. The molecule has 65 valence electrons. The van der Waals surface area contributed by atoms with Gasteiger partial charge < -0.3 is 5.11 Å². The molecule has 0 spiro atoms. The smallest absolute Gasteiger partial charge is 0.115 e. The zero-order chi connectivity index (χ0) is 8.97. The molecular formula is C11H15O. The van der Waals surface area contributed by atoms with E-state index in [2.05, 4.69) is 13.8 Å². The molecule has 0 aromatic heterocycles. The first-order valence-electron chi connectivity index (χ1n) is 4.32. The number of phenols is 1. The van der Waals surface area contributed by atoms with Gasteiger partial charge in [0.2, 0.25) is 0 Å². The Morgan fingerprint density at radius 3 is 2.42 bits per heavy atom. The van der Waals surface area contributed by atoms with Crippen molar-refractivity contribution in [2.45, 2.75) is 25.7 Å². The highest BCUT2D eigenvalue weighted by atomic mass is 16.3. The first-order valence-corrected chi connectivity index (χ1v) is 4.32. The molecule has 1 heteroatoms. The molecule has 0 aliphatic rings. The van der Waals surface area contributed by atoms with Crippen molar-refractivity contribution in [1.29, 1.82) is 0 Å². The molecule has 1 aromatic carbocycles. The van der Waals surface area contributed by atoms with Crippen LogP contribution in [-0.2, 0) is 0 Å². The molecule has 1 nitrogen and oxygen atoms in total. The van der Waals surface area contributed by atoms with Crippen molar-refractivity contribution in [3.63, 3.8) is 0 Å². The highest BCUT2D eigenvalue weighted by Crippen LogP contribution is 2.21. The summed E-state index contributed by atoms with van der Waals surface area (Å²) in [6.45, 7) is 6.00. The summed E-state index contributed by atoms with van der Waals surface area (Å²) in [7, 11) is 0. The van der Waals surface area contributed by atoms with Crippen molar-refractivity contribution in [3.8, 4) is 5.75 Å². The third-order valence-corrected chi connectivity index (χ3v) is 2.10. The van der Waals surface area contributed by atoms with E-state index < -0.39 is 0 Å². The Labute approximate surface area is 74.1 Å². The molecule has 1 rings (SSSR count). The van der Waals surface area contributed by atoms with Crippen LogP contribution in [0.25, 0.3) is 0 Å². The molecule has 0 amide bonds. The van der Waals surface area contributed by atoms with Gasteiger partial charge in [-0.2, -0.15) is 0 Å². The zero-order valence-electron chi connectivity index (χ0n) is 7.46. The van der Waals surface area contributed by atoms with Gasteiger partial charge in [0.15, 0.2) is 0 Å². The van der Waals surface area contributed by atoms with Gasteiger partial charge >= 0.3 is 0 Å². The first kappa shape index (κ1) is 9.11. The fourth-order valence-electron chi connectivity index (χ4n) is 1.28. The molecule has 1 unspecified atom stereocenters. The van der Waals surface area contributed by atoms with Gasteiger partial charge in [0, 0.05) is 0 Å². The van der Waals surface area contributed by atoms with Gasteiger partial charge in [0.05, 0.1) is 0 Å². The number of aromatic hydroxyl groups is 1. The highest BCUT2D eigenvalue weighted by Gasteiger charge is 2.02. The summed E-state index contributed by atoms with van der Waals surface area (Å²) in [5.41, 5.74) is 1.27. The van der Waals surface area contributed by atoms with Gasteiger partial charge in [-0.05, 0) is 30.0 Å². The molecule has 1 aromatic rings. The van der Waals surface area contributed by atoms with Crippen LogP contribution in [0, 0.1) is 6.92 Å². The lowest BCUT2D eigenvalue weighted by Gasteiger charge is -2.09. The number of hydrogen-bond donors (Lipinski definition) is 1. The molecule has 0 aliphatic heterocycles. The van der Waals surface area contributed by atoms with Gasteiger partial charge in [-0.15, -0.1) is 0 Å². The topological polar surface area (TPSA) is 20.2 Å². The van der Waals surface area contributed by atoms with Crippen LogP contribution < -0.4 is 0 Å². The predicted octanol–water partition coefficient (Wildman–Crippen LogP) is 3.11. The van der Waals surface area contributed by atoms with Gasteiger partial charge in [-0.1, -0.05) is 32.4 Å². The van der Waals surface area contributed by atoms with E-state index in [-0.39, 0.29) is 0 Å². The Morgan fingerprint density at radius 1 is 1.33 bits per heavy atom. The van der Waals surface area contributed by atoms with E-state index in [1.807, 2.05) is 12.1 Å². The van der Waals surface area contributed by atoms with Crippen LogP contribution in [0.1, 0.15) is 31.2 Å². The van der Waals surface area contributed by atoms with Crippen molar-refractivity contribution in [2.24, 2.45) is 0 Å². The second-order valence-electron chi connectivity index (χ2n) is 3.13. The van der Waals surface area contributed by atoms with E-state index in [9.17, 15) is 0 Å². The lowest BCUT2D eigenvalue weighted by molar-refractivity contribution is 0.475. The summed E-state index contributed by atoms with van der Waals surface area (Å²) in [4.78, 5) is 0. The van der Waals surface area contributed by atoms with E-state index in [1.165, 1.54) is 5.56 Å². The summed E-state index contributed by atoms with van der Waals surface area (Å²) in [6, 6.07) is 7.40. The highest BCUT2D eigenvalue weighted by molar-refractivity contribution is 5.27. The van der Waals surface area contributed by atoms with E-state index in [1.54, 1.807) is 12.1 Å². The van der Waals surface area contributed by atoms with E-state index >= 15 is 0 Å². The summed E-state index contributed by atoms with van der Waals surface area (Å²) in [5.74, 6) is 0.878. The quantitative estimate of drug-likeness (QED) is 0.725.